The molecule has 2 aromatic rings. The van der Waals surface area contributed by atoms with Gasteiger partial charge in [0.1, 0.15) is 23.3 Å². The van der Waals surface area contributed by atoms with Crippen LogP contribution in [-0.4, -0.2) is 7.05 Å². The van der Waals surface area contributed by atoms with E-state index in [9.17, 15) is 17.6 Å². The molecule has 0 saturated heterocycles. The van der Waals surface area contributed by atoms with E-state index in [1.807, 2.05) is 0 Å². The molecule has 0 spiro atoms. The lowest BCUT2D eigenvalue weighted by Crippen LogP contribution is -2.23. The van der Waals surface area contributed by atoms with Crippen molar-refractivity contribution in [2.45, 2.75) is 6.04 Å². The van der Waals surface area contributed by atoms with Gasteiger partial charge in [-0.3, -0.25) is 0 Å². The van der Waals surface area contributed by atoms with Crippen LogP contribution in [0.3, 0.4) is 0 Å². The highest BCUT2D eigenvalue weighted by atomic mass is 79.9. The number of rotatable bonds is 3. The molecule has 20 heavy (non-hydrogen) atoms. The first-order chi connectivity index (χ1) is 9.45. The zero-order chi connectivity index (χ0) is 14.9. The van der Waals surface area contributed by atoms with E-state index in [1.54, 1.807) is 0 Å². The summed E-state index contributed by atoms with van der Waals surface area (Å²) in [4.78, 5) is 0. The Hall–Kier alpha value is -1.40. The molecule has 0 bridgehead atoms. The predicted molar refractivity (Wildman–Crippen MR) is 71.3 cm³/mol. The van der Waals surface area contributed by atoms with Crippen molar-refractivity contribution in [3.63, 3.8) is 0 Å². The van der Waals surface area contributed by atoms with Gasteiger partial charge in [-0.2, -0.15) is 0 Å². The molecule has 1 nitrogen and oxygen atoms in total. The topological polar surface area (TPSA) is 12.0 Å². The summed E-state index contributed by atoms with van der Waals surface area (Å²) in [6.07, 6.45) is 0. The Morgan fingerprint density at radius 3 is 1.80 bits per heavy atom. The molecule has 2 aromatic carbocycles. The second-order valence-corrected chi connectivity index (χ2v) is 5.06. The molecule has 1 atom stereocenters. The molecule has 0 aliphatic heterocycles. The van der Waals surface area contributed by atoms with Crippen LogP contribution >= 0.6 is 15.9 Å². The van der Waals surface area contributed by atoms with Gasteiger partial charge in [0.25, 0.3) is 0 Å². The number of hydrogen-bond donors (Lipinski definition) is 1. The monoisotopic (exact) mass is 347 g/mol. The van der Waals surface area contributed by atoms with Gasteiger partial charge in [0.2, 0.25) is 0 Å². The summed E-state index contributed by atoms with van der Waals surface area (Å²) in [6, 6.07) is 4.09. The third-order valence-electron chi connectivity index (χ3n) is 2.91. The quantitative estimate of drug-likeness (QED) is 0.815. The van der Waals surface area contributed by atoms with Gasteiger partial charge in [-0.25, -0.2) is 17.6 Å². The second-order valence-electron chi connectivity index (χ2n) is 4.14. The van der Waals surface area contributed by atoms with Gasteiger partial charge in [-0.05, 0) is 31.3 Å². The maximum Gasteiger partial charge on any atom is 0.132 e. The highest BCUT2D eigenvalue weighted by Crippen LogP contribution is 2.31. The maximum absolute atomic E-state index is 13.9. The van der Waals surface area contributed by atoms with Crippen LogP contribution in [0.25, 0.3) is 0 Å². The van der Waals surface area contributed by atoms with Crippen LogP contribution in [0.1, 0.15) is 17.2 Å². The third kappa shape index (κ3) is 2.71. The van der Waals surface area contributed by atoms with Gasteiger partial charge in [-0.15, -0.1) is 0 Å². The van der Waals surface area contributed by atoms with Crippen molar-refractivity contribution in [1.29, 1.82) is 0 Å². The molecule has 0 aliphatic rings. The summed E-state index contributed by atoms with van der Waals surface area (Å²) >= 11 is 2.95. The van der Waals surface area contributed by atoms with Crippen LogP contribution in [0.5, 0.6) is 0 Å². The average molecular weight is 348 g/mol. The van der Waals surface area contributed by atoms with Gasteiger partial charge in [-0.1, -0.05) is 22.0 Å². The van der Waals surface area contributed by atoms with Gasteiger partial charge >= 0.3 is 0 Å². The van der Waals surface area contributed by atoms with E-state index in [0.717, 1.165) is 24.3 Å². The summed E-state index contributed by atoms with van der Waals surface area (Å²) in [6.45, 7) is 0. The fourth-order valence-electron chi connectivity index (χ4n) is 2.05. The van der Waals surface area contributed by atoms with Crippen LogP contribution in [0.2, 0.25) is 0 Å². The Labute approximate surface area is 121 Å². The predicted octanol–water partition coefficient (Wildman–Crippen LogP) is 4.31. The van der Waals surface area contributed by atoms with Crippen LogP contribution < -0.4 is 5.32 Å². The number of hydrogen-bond acceptors (Lipinski definition) is 1. The minimum absolute atomic E-state index is 0.208. The molecule has 106 valence electrons. The molecule has 0 aromatic heterocycles. The summed E-state index contributed by atoms with van der Waals surface area (Å²) in [5.41, 5.74) is -0.852. The van der Waals surface area contributed by atoms with Crippen molar-refractivity contribution >= 4 is 15.9 Å². The zero-order valence-electron chi connectivity index (χ0n) is 10.4. The van der Waals surface area contributed by atoms with Gasteiger partial charge < -0.3 is 5.32 Å². The van der Waals surface area contributed by atoms with Crippen molar-refractivity contribution in [3.8, 4) is 0 Å². The number of halogens is 5. The Kier molecular flexibility index (Phi) is 4.45. The minimum atomic E-state index is -1.26. The van der Waals surface area contributed by atoms with E-state index < -0.39 is 40.4 Å². The number of benzene rings is 2. The third-order valence-corrected chi connectivity index (χ3v) is 3.37. The van der Waals surface area contributed by atoms with Crippen molar-refractivity contribution < 1.29 is 17.6 Å². The van der Waals surface area contributed by atoms with Gasteiger partial charge in [0.15, 0.2) is 0 Å². The van der Waals surface area contributed by atoms with Crippen molar-refractivity contribution in [2.75, 3.05) is 7.05 Å². The standard InChI is InChI=1S/C14H10BrF4N/c1-20-14(12-8(16)3-2-4-9(12)17)13-10(18)5-7(15)6-11(13)19/h2-6,14,20H,1H3. The summed E-state index contributed by atoms with van der Waals surface area (Å²) in [5, 5.41) is 2.54. The van der Waals surface area contributed by atoms with Crippen molar-refractivity contribution in [3.05, 3.63) is 69.2 Å². The SMILES string of the molecule is CNC(c1c(F)cccc1F)c1c(F)cc(Br)cc1F. The van der Waals surface area contributed by atoms with Crippen LogP contribution in [0.4, 0.5) is 17.6 Å². The fraction of sp³-hybridized carbons (Fsp3) is 0.143. The second kappa shape index (κ2) is 5.93. The molecule has 1 N–H and O–H groups in total. The summed E-state index contributed by atoms with van der Waals surface area (Å²) in [5.74, 6) is -3.52. The molecule has 0 radical (unpaired) electrons. The molecule has 2 rings (SSSR count). The lowest BCUT2D eigenvalue weighted by atomic mass is 9.97. The van der Waals surface area contributed by atoms with Gasteiger partial charge in [0, 0.05) is 15.6 Å². The normalized spacial score (nSPS) is 12.5. The molecule has 0 heterocycles. The molecule has 1 unspecified atom stereocenters. The Bertz CT molecular complexity index is 602. The maximum atomic E-state index is 13.9. The molecule has 0 saturated carbocycles. The first-order valence-corrected chi connectivity index (χ1v) is 6.50. The Morgan fingerprint density at radius 1 is 0.900 bits per heavy atom. The van der Waals surface area contributed by atoms with Crippen LogP contribution in [0.15, 0.2) is 34.8 Å². The fourth-order valence-corrected chi connectivity index (χ4v) is 2.45. The lowest BCUT2D eigenvalue weighted by molar-refractivity contribution is 0.484. The molecular formula is C14H10BrF4N. The Balaban J connectivity index is 2.65. The van der Waals surface area contributed by atoms with E-state index in [0.29, 0.717) is 0 Å². The molecular weight excluding hydrogens is 338 g/mol. The molecule has 6 heteroatoms. The smallest absolute Gasteiger partial charge is 0.132 e. The first-order valence-electron chi connectivity index (χ1n) is 5.71. The largest absolute Gasteiger partial charge is 0.309 e. The first kappa shape index (κ1) is 15.0. The van der Waals surface area contributed by atoms with E-state index in [4.69, 9.17) is 0 Å². The summed E-state index contributed by atoms with van der Waals surface area (Å²) in [7, 11) is 1.37. The van der Waals surface area contributed by atoms with Crippen LogP contribution in [0, 0.1) is 23.3 Å². The lowest BCUT2D eigenvalue weighted by Gasteiger charge is -2.20. The van der Waals surface area contributed by atoms with E-state index in [2.05, 4.69) is 21.2 Å². The van der Waals surface area contributed by atoms with Crippen molar-refractivity contribution in [2.24, 2.45) is 0 Å². The van der Waals surface area contributed by atoms with Crippen molar-refractivity contribution in [1.82, 2.24) is 5.32 Å². The molecule has 0 aliphatic carbocycles. The van der Waals surface area contributed by atoms with E-state index in [-0.39, 0.29) is 4.47 Å². The Morgan fingerprint density at radius 2 is 1.35 bits per heavy atom. The van der Waals surface area contributed by atoms with E-state index in [1.165, 1.54) is 13.1 Å². The van der Waals surface area contributed by atoms with Gasteiger partial charge in [0.05, 0.1) is 6.04 Å². The number of nitrogens with one attached hydrogen (secondary N) is 1. The van der Waals surface area contributed by atoms with E-state index >= 15 is 0 Å². The molecule has 0 fully saturated rings. The minimum Gasteiger partial charge on any atom is -0.309 e. The highest BCUT2D eigenvalue weighted by molar-refractivity contribution is 9.10. The average Bonchev–Trinajstić information content (AvgIpc) is 2.35. The summed E-state index contributed by atoms with van der Waals surface area (Å²) < 4.78 is 55.7. The van der Waals surface area contributed by atoms with Crippen LogP contribution in [-0.2, 0) is 0 Å². The highest BCUT2D eigenvalue weighted by Gasteiger charge is 2.26. The molecule has 0 amide bonds. The zero-order valence-corrected chi connectivity index (χ0v) is 11.9.